The Morgan fingerprint density at radius 3 is 2.12 bits per heavy atom. The minimum Gasteiger partial charge on any atom is -0.351 e. The first-order chi connectivity index (χ1) is 7.08. The quantitative estimate of drug-likeness (QED) is 0.751. The summed E-state index contributed by atoms with van der Waals surface area (Å²) >= 11 is 0. The van der Waals surface area contributed by atoms with Gasteiger partial charge < -0.3 is 5.32 Å². The van der Waals surface area contributed by atoms with Crippen LogP contribution in [0.2, 0.25) is 0 Å². The fourth-order valence-electron chi connectivity index (χ4n) is 1.12. The van der Waals surface area contributed by atoms with Crippen LogP contribution in [0.4, 0.5) is 13.2 Å². The second kappa shape index (κ2) is 5.37. The van der Waals surface area contributed by atoms with E-state index in [1.807, 2.05) is 0 Å². The molecule has 0 aromatic carbocycles. The molecule has 16 heavy (non-hydrogen) atoms. The molecule has 0 aromatic rings. The lowest BCUT2D eigenvalue weighted by Gasteiger charge is -2.25. The van der Waals surface area contributed by atoms with E-state index in [1.165, 1.54) is 12.2 Å². The van der Waals surface area contributed by atoms with Crippen LogP contribution in [0.1, 0.15) is 34.1 Å². The minimum atomic E-state index is -4.51. The predicted octanol–water partition coefficient (Wildman–Crippen LogP) is 3.05. The lowest BCUT2D eigenvalue weighted by molar-refractivity contribution is -0.182. The van der Waals surface area contributed by atoms with Gasteiger partial charge >= 0.3 is 6.18 Å². The Hall–Kier alpha value is -1.00. The maximum Gasteiger partial charge on any atom is 0.400 e. The zero-order valence-electron chi connectivity index (χ0n) is 9.98. The zero-order chi connectivity index (χ0) is 13.0. The first-order valence-corrected chi connectivity index (χ1v) is 5.08. The van der Waals surface area contributed by atoms with Crippen molar-refractivity contribution in [2.24, 2.45) is 5.92 Å². The van der Waals surface area contributed by atoms with Crippen LogP contribution in [0.25, 0.3) is 0 Å². The van der Waals surface area contributed by atoms with E-state index in [4.69, 9.17) is 0 Å². The smallest absolute Gasteiger partial charge is 0.351 e. The summed E-state index contributed by atoms with van der Waals surface area (Å²) in [4.78, 5) is 11.4. The number of amides is 1. The Balaban J connectivity index is 4.71. The highest BCUT2D eigenvalue weighted by atomic mass is 19.4. The molecule has 0 aliphatic carbocycles. The van der Waals surface area contributed by atoms with Crippen molar-refractivity contribution >= 4 is 5.91 Å². The Morgan fingerprint density at radius 1 is 1.31 bits per heavy atom. The lowest BCUT2D eigenvalue weighted by Crippen LogP contribution is -2.47. The monoisotopic (exact) mass is 237 g/mol. The van der Waals surface area contributed by atoms with Gasteiger partial charge in [-0.1, -0.05) is 12.2 Å². The molecule has 0 rings (SSSR count). The molecule has 1 amide bonds. The van der Waals surface area contributed by atoms with Gasteiger partial charge in [-0.2, -0.15) is 13.2 Å². The molecule has 1 atom stereocenters. The molecule has 0 aliphatic rings. The number of carbonyl (C=O) groups is 1. The van der Waals surface area contributed by atoms with Gasteiger partial charge in [-0.25, -0.2) is 0 Å². The van der Waals surface area contributed by atoms with Crippen molar-refractivity contribution in [3.63, 3.8) is 0 Å². The number of alkyl halides is 3. The summed E-state index contributed by atoms with van der Waals surface area (Å²) in [5.74, 6) is -2.94. The van der Waals surface area contributed by atoms with Crippen molar-refractivity contribution in [3.05, 3.63) is 12.2 Å². The lowest BCUT2D eigenvalue weighted by atomic mass is 10.0. The molecule has 0 radical (unpaired) electrons. The van der Waals surface area contributed by atoms with Gasteiger partial charge in [-0.3, -0.25) is 4.79 Å². The third-order valence-electron chi connectivity index (χ3n) is 1.82. The molecular weight excluding hydrogens is 219 g/mol. The van der Waals surface area contributed by atoms with Crippen LogP contribution in [-0.4, -0.2) is 17.6 Å². The summed E-state index contributed by atoms with van der Waals surface area (Å²) in [6.45, 7) is 6.56. The molecule has 5 heteroatoms. The summed E-state index contributed by atoms with van der Waals surface area (Å²) in [7, 11) is 0. The number of carbonyl (C=O) groups excluding carboxylic acids is 1. The molecule has 1 unspecified atom stereocenters. The number of hydrogen-bond donors (Lipinski definition) is 1. The largest absolute Gasteiger partial charge is 0.400 e. The van der Waals surface area contributed by atoms with Gasteiger partial charge in [0.05, 0.1) is 0 Å². The van der Waals surface area contributed by atoms with Gasteiger partial charge in [0.25, 0.3) is 0 Å². The van der Waals surface area contributed by atoms with Gasteiger partial charge in [-0.05, 0) is 34.1 Å². The van der Waals surface area contributed by atoms with Crippen molar-refractivity contribution in [2.75, 3.05) is 0 Å². The Bertz CT molecular complexity index is 263. The molecule has 0 spiro atoms. The third kappa shape index (κ3) is 5.78. The minimum absolute atomic E-state index is 0.318. The van der Waals surface area contributed by atoms with Gasteiger partial charge in [-0.15, -0.1) is 0 Å². The van der Waals surface area contributed by atoms with E-state index in [-0.39, 0.29) is 6.42 Å². The van der Waals surface area contributed by atoms with Crippen LogP contribution in [-0.2, 0) is 4.79 Å². The van der Waals surface area contributed by atoms with Crippen LogP contribution >= 0.6 is 0 Å². The Morgan fingerprint density at radius 2 is 1.81 bits per heavy atom. The van der Waals surface area contributed by atoms with E-state index in [0.29, 0.717) is 0 Å². The Labute approximate surface area is 93.9 Å². The second-order valence-corrected chi connectivity index (χ2v) is 4.64. The molecule has 1 N–H and O–H groups in total. The van der Waals surface area contributed by atoms with Crippen molar-refractivity contribution in [1.82, 2.24) is 5.32 Å². The van der Waals surface area contributed by atoms with Gasteiger partial charge in [0, 0.05) is 5.54 Å². The number of rotatable bonds is 3. The van der Waals surface area contributed by atoms with Gasteiger partial charge in [0.2, 0.25) is 5.91 Å². The van der Waals surface area contributed by atoms with Crippen LogP contribution < -0.4 is 5.32 Å². The maximum absolute atomic E-state index is 12.6. The zero-order valence-corrected chi connectivity index (χ0v) is 9.98. The van der Waals surface area contributed by atoms with Crippen LogP contribution in [0.15, 0.2) is 12.2 Å². The summed E-state index contributed by atoms with van der Waals surface area (Å²) in [6.07, 6.45) is -1.97. The highest BCUT2D eigenvalue weighted by Crippen LogP contribution is 2.29. The number of hydrogen-bond acceptors (Lipinski definition) is 1. The molecule has 0 heterocycles. The van der Waals surface area contributed by atoms with E-state index in [9.17, 15) is 18.0 Å². The fraction of sp³-hybridized carbons (Fsp3) is 0.727. The van der Waals surface area contributed by atoms with Crippen molar-refractivity contribution < 1.29 is 18.0 Å². The van der Waals surface area contributed by atoms with E-state index in [1.54, 1.807) is 27.7 Å². The van der Waals surface area contributed by atoms with Crippen molar-refractivity contribution in [2.45, 2.75) is 45.8 Å². The standard InChI is InChI=1S/C11H18F3NO/c1-5-6-7-8(11(12,13)14)9(16)15-10(2,3)4/h5-6,8H,7H2,1-4H3,(H,15,16)/b6-5+. The normalized spacial score (nSPS) is 15.2. The summed E-state index contributed by atoms with van der Waals surface area (Å²) in [5.41, 5.74) is -0.656. The second-order valence-electron chi connectivity index (χ2n) is 4.64. The number of halogens is 3. The molecule has 0 aromatic heterocycles. The summed E-state index contributed by atoms with van der Waals surface area (Å²) in [5, 5.41) is 2.34. The van der Waals surface area contributed by atoms with Crippen LogP contribution in [0, 0.1) is 5.92 Å². The topological polar surface area (TPSA) is 29.1 Å². The fourth-order valence-corrected chi connectivity index (χ4v) is 1.12. The van der Waals surface area contributed by atoms with E-state index < -0.39 is 23.5 Å². The molecule has 0 aliphatic heterocycles. The average Bonchev–Trinajstić information content (AvgIpc) is 1.98. The highest BCUT2D eigenvalue weighted by molar-refractivity contribution is 5.80. The average molecular weight is 237 g/mol. The van der Waals surface area contributed by atoms with Crippen molar-refractivity contribution in [1.29, 1.82) is 0 Å². The summed E-state index contributed by atoms with van der Waals surface area (Å²) < 4.78 is 37.7. The van der Waals surface area contributed by atoms with Crippen LogP contribution in [0.3, 0.4) is 0 Å². The van der Waals surface area contributed by atoms with E-state index in [2.05, 4.69) is 5.32 Å². The van der Waals surface area contributed by atoms with E-state index >= 15 is 0 Å². The first-order valence-electron chi connectivity index (χ1n) is 5.08. The Kier molecular flexibility index (Phi) is 5.03. The van der Waals surface area contributed by atoms with Crippen LogP contribution in [0.5, 0.6) is 0 Å². The molecule has 94 valence electrons. The molecule has 0 saturated carbocycles. The maximum atomic E-state index is 12.6. The molecule has 0 bridgehead atoms. The highest BCUT2D eigenvalue weighted by Gasteiger charge is 2.44. The van der Waals surface area contributed by atoms with Gasteiger partial charge in [0.15, 0.2) is 0 Å². The predicted molar refractivity (Wildman–Crippen MR) is 56.9 cm³/mol. The number of allylic oxidation sites excluding steroid dienone is 2. The molecule has 0 fully saturated rings. The van der Waals surface area contributed by atoms with Gasteiger partial charge in [0.1, 0.15) is 5.92 Å². The summed E-state index contributed by atoms with van der Waals surface area (Å²) in [6, 6.07) is 0. The SMILES string of the molecule is C/C=C/CC(C(=O)NC(C)(C)C)C(F)(F)F. The van der Waals surface area contributed by atoms with E-state index in [0.717, 1.165) is 0 Å². The molecule has 2 nitrogen and oxygen atoms in total. The molecular formula is C11H18F3NO. The van der Waals surface area contributed by atoms with Crippen molar-refractivity contribution in [3.8, 4) is 0 Å². The third-order valence-corrected chi connectivity index (χ3v) is 1.82. The molecule has 0 saturated heterocycles. The first kappa shape index (κ1) is 15.0. The number of nitrogens with one attached hydrogen (secondary N) is 1.